The highest BCUT2D eigenvalue weighted by Crippen LogP contribution is 2.38. The molecule has 32 heavy (non-hydrogen) atoms. The minimum atomic E-state index is -3.87. The van der Waals surface area contributed by atoms with Crippen LogP contribution in [0.15, 0.2) is 47.4 Å². The third kappa shape index (κ3) is 5.04. The lowest BCUT2D eigenvalue weighted by atomic mass is 9.93. The first kappa shape index (κ1) is 23.6. The fourth-order valence-electron chi connectivity index (χ4n) is 3.33. The van der Waals surface area contributed by atoms with Crippen LogP contribution < -0.4 is 19.7 Å². The fraction of sp³-hybridized carbons (Fsp3) is 0.391. The number of fused-ring (bicyclic) bond motifs is 1. The van der Waals surface area contributed by atoms with Crippen molar-refractivity contribution >= 4 is 38.9 Å². The molecule has 0 atom stereocenters. The Labute approximate surface area is 189 Å². The Morgan fingerprint density at radius 2 is 1.75 bits per heavy atom. The highest BCUT2D eigenvalue weighted by molar-refractivity contribution is 7.92. The summed E-state index contributed by atoms with van der Waals surface area (Å²) < 4.78 is 34.2. The maximum atomic E-state index is 13.0. The Bertz CT molecular complexity index is 1110. The molecule has 2 amide bonds. The van der Waals surface area contributed by atoms with Crippen LogP contribution >= 0.6 is 0 Å². The predicted octanol–water partition coefficient (Wildman–Crippen LogP) is 4.00. The van der Waals surface area contributed by atoms with Gasteiger partial charge in [-0.05, 0) is 62.7 Å². The van der Waals surface area contributed by atoms with Crippen LogP contribution in [0, 0.1) is 5.41 Å². The van der Waals surface area contributed by atoms with Crippen molar-refractivity contribution in [2.75, 3.05) is 28.1 Å². The van der Waals surface area contributed by atoms with Crippen LogP contribution in [0.4, 0.5) is 17.1 Å². The summed E-state index contributed by atoms with van der Waals surface area (Å²) in [5.74, 6) is 0.319. The molecule has 8 nitrogen and oxygen atoms in total. The van der Waals surface area contributed by atoms with Gasteiger partial charge in [-0.25, -0.2) is 8.42 Å². The molecule has 172 valence electrons. The molecule has 1 heterocycles. The van der Waals surface area contributed by atoms with E-state index < -0.39 is 15.4 Å². The molecule has 0 saturated carbocycles. The zero-order chi connectivity index (χ0) is 23.5. The van der Waals surface area contributed by atoms with Gasteiger partial charge in [0, 0.05) is 18.7 Å². The van der Waals surface area contributed by atoms with Crippen LogP contribution in [0.25, 0.3) is 0 Å². The van der Waals surface area contributed by atoms with E-state index in [1.165, 1.54) is 24.3 Å². The summed E-state index contributed by atoms with van der Waals surface area (Å²) in [4.78, 5) is 26.3. The number of nitrogens with zero attached hydrogens (tertiary/aromatic N) is 1. The van der Waals surface area contributed by atoms with E-state index in [2.05, 4.69) is 10.0 Å². The monoisotopic (exact) mass is 459 g/mol. The molecule has 2 aromatic rings. The van der Waals surface area contributed by atoms with Gasteiger partial charge in [0.25, 0.3) is 10.0 Å². The maximum absolute atomic E-state index is 13.0. The minimum Gasteiger partial charge on any atom is -0.490 e. The number of ether oxygens (including phenoxy) is 1. The SMILES string of the molecule is CCCN1C(=O)C(C)(C)COc2ccc(NS(=O)(=O)c3ccc(NC(=O)CC)cc3)cc21. The van der Waals surface area contributed by atoms with Crippen molar-refractivity contribution in [3.63, 3.8) is 0 Å². The van der Waals surface area contributed by atoms with Crippen molar-refractivity contribution in [2.24, 2.45) is 5.41 Å². The molecule has 0 unspecified atom stereocenters. The van der Waals surface area contributed by atoms with E-state index in [0.717, 1.165) is 6.42 Å². The number of amides is 2. The van der Waals surface area contributed by atoms with Gasteiger partial charge in [-0.15, -0.1) is 0 Å². The van der Waals surface area contributed by atoms with Crippen molar-refractivity contribution < 1.29 is 22.7 Å². The summed E-state index contributed by atoms with van der Waals surface area (Å²) in [6.07, 6.45) is 1.08. The van der Waals surface area contributed by atoms with Crippen LogP contribution in [0.2, 0.25) is 0 Å². The Morgan fingerprint density at radius 1 is 1.09 bits per heavy atom. The Morgan fingerprint density at radius 3 is 2.38 bits per heavy atom. The first-order chi connectivity index (χ1) is 15.1. The van der Waals surface area contributed by atoms with E-state index in [4.69, 9.17) is 4.74 Å². The molecule has 1 aliphatic heterocycles. The Balaban J connectivity index is 1.88. The van der Waals surface area contributed by atoms with Crippen molar-refractivity contribution in [1.29, 1.82) is 0 Å². The normalized spacial score (nSPS) is 15.4. The highest BCUT2D eigenvalue weighted by Gasteiger charge is 2.37. The highest BCUT2D eigenvalue weighted by atomic mass is 32.2. The van der Waals surface area contributed by atoms with E-state index in [0.29, 0.717) is 35.8 Å². The van der Waals surface area contributed by atoms with Crippen molar-refractivity contribution in [3.8, 4) is 5.75 Å². The lowest BCUT2D eigenvalue weighted by Crippen LogP contribution is -2.42. The van der Waals surface area contributed by atoms with Gasteiger partial charge in [0.2, 0.25) is 11.8 Å². The molecule has 0 aromatic heterocycles. The number of rotatable bonds is 7. The Kier molecular flexibility index (Phi) is 6.78. The molecule has 0 bridgehead atoms. The van der Waals surface area contributed by atoms with Gasteiger partial charge in [-0.1, -0.05) is 13.8 Å². The van der Waals surface area contributed by atoms with E-state index >= 15 is 0 Å². The van der Waals surface area contributed by atoms with Gasteiger partial charge >= 0.3 is 0 Å². The number of carbonyl (C=O) groups is 2. The largest absolute Gasteiger partial charge is 0.490 e. The third-order valence-electron chi connectivity index (χ3n) is 5.13. The number of benzene rings is 2. The summed E-state index contributed by atoms with van der Waals surface area (Å²) in [6.45, 7) is 8.12. The molecule has 2 N–H and O–H groups in total. The summed E-state index contributed by atoms with van der Waals surface area (Å²) in [5.41, 5.74) is 0.696. The molecule has 0 saturated heterocycles. The van der Waals surface area contributed by atoms with Gasteiger partial charge in [0.1, 0.15) is 12.4 Å². The number of anilines is 3. The molecule has 0 aliphatic carbocycles. The van der Waals surface area contributed by atoms with Crippen LogP contribution in [-0.4, -0.2) is 33.4 Å². The third-order valence-corrected chi connectivity index (χ3v) is 6.53. The topological polar surface area (TPSA) is 105 Å². The quantitative estimate of drug-likeness (QED) is 0.651. The van der Waals surface area contributed by atoms with Gasteiger partial charge in [0.15, 0.2) is 0 Å². The first-order valence-corrected chi connectivity index (χ1v) is 12.1. The zero-order valence-corrected chi connectivity index (χ0v) is 19.6. The summed E-state index contributed by atoms with van der Waals surface area (Å²) in [5, 5.41) is 2.68. The molecule has 0 radical (unpaired) electrons. The molecular formula is C23H29N3O5S. The molecule has 0 spiro atoms. The second kappa shape index (κ2) is 9.20. The van der Waals surface area contributed by atoms with Gasteiger partial charge in [0.05, 0.1) is 21.7 Å². The predicted molar refractivity (Wildman–Crippen MR) is 125 cm³/mol. The molecular weight excluding hydrogens is 430 g/mol. The molecule has 0 fully saturated rings. The average molecular weight is 460 g/mol. The van der Waals surface area contributed by atoms with E-state index in [1.54, 1.807) is 30.0 Å². The Hall–Kier alpha value is -3.07. The number of nitrogens with one attached hydrogen (secondary N) is 2. The fourth-order valence-corrected chi connectivity index (χ4v) is 4.38. The maximum Gasteiger partial charge on any atom is 0.261 e. The summed E-state index contributed by atoms with van der Waals surface area (Å²) in [7, 11) is -3.87. The number of carbonyl (C=O) groups excluding carboxylic acids is 2. The first-order valence-electron chi connectivity index (χ1n) is 10.6. The number of hydrogen-bond donors (Lipinski definition) is 2. The lowest BCUT2D eigenvalue weighted by Gasteiger charge is -2.28. The van der Waals surface area contributed by atoms with E-state index in [9.17, 15) is 18.0 Å². The molecule has 1 aliphatic rings. The van der Waals surface area contributed by atoms with Crippen LogP contribution in [0.1, 0.15) is 40.5 Å². The van der Waals surface area contributed by atoms with Crippen LogP contribution in [0.3, 0.4) is 0 Å². The molecule has 9 heteroatoms. The average Bonchev–Trinajstić information content (AvgIpc) is 2.84. The van der Waals surface area contributed by atoms with Gasteiger partial charge < -0.3 is 15.0 Å². The summed E-state index contributed by atoms with van der Waals surface area (Å²) >= 11 is 0. The number of hydrogen-bond acceptors (Lipinski definition) is 5. The second-order valence-electron chi connectivity index (χ2n) is 8.34. The van der Waals surface area contributed by atoms with E-state index in [-0.39, 0.29) is 23.3 Å². The van der Waals surface area contributed by atoms with Gasteiger partial charge in [-0.2, -0.15) is 0 Å². The summed E-state index contributed by atoms with van der Waals surface area (Å²) in [6, 6.07) is 10.8. The van der Waals surface area contributed by atoms with Gasteiger partial charge in [-0.3, -0.25) is 14.3 Å². The minimum absolute atomic E-state index is 0.0563. The zero-order valence-electron chi connectivity index (χ0n) is 18.8. The second-order valence-corrected chi connectivity index (χ2v) is 10.0. The van der Waals surface area contributed by atoms with Crippen molar-refractivity contribution in [1.82, 2.24) is 0 Å². The lowest BCUT2D eigenvalue weighted by molar-refractivity contribution is -0.127. The number of sulfonamides is 1. The van der Waals surface area contributed by atoms with Crippen LogP contribution in [0.5, 0.6) is 5.75 Å². The molecule has 3 rings (SSSR count). The van der Waals surface area contributed by atoms with Crippen LogP contribution in [-0.2, 0) is 19.6 Å². The molecule has 2 aromatic carbocycles. The van der Waals surface area contributed by atoms with E-state index in [1.807, 2.05) is 20.8 Å². The smallest absolute Gasteiger partial charge is 0.261 e. The standard InChI is InChI=1S/C23H29N3O5S/c1-5-13-26-19-14-17(9-12-20(19)31-15-23(3,4)22(26)28)25-32(29,30)18-10-7-16(8-11-18)24-21(27)6-2/h7-12,14,25H,5-6,13,15H2,1-4H3,(H,24,27). The van der Waals surface area contributed by atoms with Crippen molar-refractivity contribution in [3.05, 3.63) is 42.5 Å². The van der Waals surface area contributed by atoms with Crippen molar-refractivity contribution in [2.45, 2.75) is 45.4 Å².